The molecule has 0 unspecified atom stereocenters. The number of aromatic nitrogens is 1. The Morgan fingerprint density at radius 1 is 1.40 bits per heavy atom. The fraction of sp³-hybridized carbons (Fsp3) is 0.231. The van der Waals surface area contributed by atoms with Crippen molar-refractivity contribution in [2.75, 3.05) is 6.61 Å². The smallest absolute Gasteiger partial charge is 0.344 e. The van der Waals surface area contributed by atoms with Crippen molar-refractivity contribution in [3.63, 3.8) is 0 Å². The van der Waals surface area contributed by atoms with Crippen LogP contribution >= 0.6 is 11.6 Å². The number of carbonyl (C=O) groups is 1. The van der Waals surface area contributed by atoms with Crippen LogP contribution in [0, 0.1) is 18.6 Å². The summed E-state index contributed by atoms with van der Waals surface area (Å²) in [7, 11) is 0. The molecule has 2 aromatic rings. The van der Waals surface area contributed by atoms with Crippen LogP contribution in [-0.2, 0) is 4.74 Å². The van der Waals surface area contributed by atoms with Crippen LogP contribution < -0.4 is 0 Å². The van der Waals surface area contributed by atoms with Gasteiger partial charge in [0.25, 0.3) is 0 Å². The normalized spacial score (nSPS) is 10.7. The van der Waals surface area contributed by atoms with Gasteiger partial charge >= 0.3 is 5.97 Å². The van der Waals surface area contributed by atoms with E-state index in [-0.39, 0.29) is 29.2 Å². The molecule has 0 aliphatic rings. The van der Waals surface area contributed by atoms with Gasteiger partial charge in [-0.25, -0.2) is 13.6 Å². The Labute approximate surface area is 118 Å². The van der Waals surface area contributed by atoms with Gasteiger partial charge in [-0.2, -0.15) is 0 Å². The number of ether oxygens (including phenoxy) is 1. The molecule has 0 saturated carbocycles. The minimum atomic E-state index is -0.821. The molecule has 0 atom stereocenters. The second kappa shape index (κ2) is 5.58. The second-order valence-electron chi connectivity index (χ2n) is 3.90. The van der Waals surface area contributed by atoms with Crippen LogP contribution in [-0.4, -0.2) is 17.7 Å². The van der Waals surface area contributed by atoms with Crippen LogP contribution in [0.25, 0.3) is 11.3 Å². The number of hydrogen-bond acceptors (Lipinski definition) is 4. The van der Waals surface area contributed by atoms with Crippen LogP contribution in [0.3, 0.4) is 0 Å². The Kier molecular flexibility index (Phi) is 4.04. The SMILES string of the molecule is CCOC(=O)c1c(-c2c(F)ccc(F)c2Cl)noc1C. The molecule has 0 bridgehead atoms. The maximum atomic E-state index is 13.9. The Bertz CT molecular complexity index is 670. The molecule has 20 heavy (non-hydrogen) atoms. The third-order valence-corrected chi connectivity index (χ3v) is 2.99. The summed E-state index contributed by atoms with van der Waals surface area (Å²) < 4.78 is 37.0. The molecule has 0 amide bonds. The van der Waals surface area contributed by atoms with Gasteiger partial charge in [0.15, 0.2) is 0 Å². The molecular weight excluding hydrogens is 292 g/mol. The van der Waals surface area contributed by atoms with Gasteiger partial charge in [-0.1, -0.05) is 16.8 Å². The average Bonchev–Trinajstić information content (AvgIpc) is 2.77. The first kappa shape index (κ1) is 14.5. The molecule has 0 aliphatic heterocycles. The Balaban J connectivity index is 2.66. The highest BCUT2D eigenvalue weighted by molar-refractivity contribution is 6.33. The zero-order valence-electron chi connectivity index (χ0n) is 10.7. The van der Waals surface area contributed by atoms with Crippen LogP contribution in [0.4, 0.5) is 8.78 Å². The monoisotopic (exact) mass is 301 g/mol. The van der Waals surface area contributed by atoms with Crippen LogP contribution in [0.15, 0.2) is 16.7 Å². The summed E-state index contributed by atoms with van der Waals surface area (Å²) in [6.07, 6.45) is 0. The van der Waals surface area contributed by atoms with E-state index in [1.54, 1.807) is 6.92 Å². The van der Waals surface area contributed by atoms with Gasteiger partial charge in [0, 0.05) is 0 Å². The van der Waals surface area contributed by atoms with E-state index in [9.17, 15) is 13.6 Å². The minimum absolute atomic E-state index is 0.0711. The Hall–Kier alpha value is -1.95. The molecule has 0 spiro atoms. The van der Waals surface area contributed by atoms with Crippen molar-refractivity contribution >= 4 is 17.6 Å². The van der Waals surface area contributed by atoms with Crippen molar-refractivity contribution < 1.29 is 22.8 Å². The van der Waals surface area contributed by atoms with E-state index in [1.165, 1.54) is 6.92 Å². The summed E-state index contributed by atoms with van der Waals surface area (Å²) >= 11 is 5.75. The van der Waals surface area contributed by atoms with E-state index >= 15 is 0 Å². The van der Waals surface area contributed by atoms with Crippen molar-refractivity contribution in [2.45, 2.75) is 13.8 Å². The summed E-state index contributed by atoms with van der Waals surface area (Å²) in [6, 6.07) is 1.79. The van der Waals surface area contributed by atoms with Gasteiger partial charge in [-0.3, -0.25) is 0 Å². The summed E-state index contributed by atoms with van der Waals surface area (Å²) in [4.78, 5) is 11.8. The number of nitrogens with zero attached hydrogens (tertiary/aromatic N) is 1. The number of esters is 1. The van der Waals surface area contributed by atoms with E-state index < -0.39 is 22.6 Å². The molecule has 0 N–H and O–H groups in total. The number of carbonyl (C=O) groups excluding carboxylic acids is 1. The quantitative estimate of drug-likeness (QED) is 0.640. The number of halogens is 3. The lowest BCUT2D eigenvalue weighted by atomic mass is 10.1. The zero-order valence-corrected chi connectivity index (χ0v) is 11.4. The fourth-order valence-electron chi connectivity index (χ4n) is 1.73. The van der Waals surface area contributed by atoms with Crippen molar-refractivity contribution in [3.05, 3.63) is 40.1 Å². The molecular formula is C13H10ClF2NO3. The van der Waals surface area contributed by atoms with Gasteiger partial charge in [-0.05, 0) is 26.0 Å². The van der Waals surface area contributed by atoms with Gasteiger partial charge < -0.3 is 9.26 Å². The molecule has 0 saturated heterocycles. The number of hydrogen-bond donors (Lipinski definition) is 0. The van der Waals surface area contributed by atoms with E-state index in [4.69, 9.17) is 20.9 Å². The fourth-order valence-corrected chi connectivity index (χ4v) is 1.97. The largest absolute Gasteiger partial charge is 0.462 e. The lowest BCUT2D eigenvalue weighted by molar-refractivity contribution is 0.0525. The van der Waals surface area contributed by atoms with Crippen LogP contribution in [0.1, 0.15) is 23.0 Å². The summed E-state index contributed by atoms with van der Waals surface area (Å²) in [5.41, 5.74) is -0.576. The van der Waals surface area contributed by atoms with Gasteiger partial charge in [0.1, 0.15) is 28.7 Å². The highest BCUT2D eigenvalue weighted by Gasteiger charge is 2.27. The topological polar surface area (TPSA) is 52.3 Å². The third-order valence-electron chi connectivity index (χ3n) is 2.62. The van der Waals surface area contributed by atoms with Crippen molar-refractivity contribution in [3.8, 4) is 11.3 Å². The first-order valence-corrected chi connectivity index (χ1v) is 6.12. The lowest BCUT2D eigenvalue weighted by Gasteiger charge is -2.06. The minimum Gasteiger partial charge on any atom is -0.462 e. The van der Waals surface area contributed by atoms with E-state index in [2.05, 4.69) is 5.16 Å². The van der Waals surface area contributed by atoms with E-state index in [0.29, 0.717) is 0 Å². The average molecular weight is 302 g/mol. The number of aryl methyl sites for hydroxylation is 1. The maximum absolute atomic E-state index is 13.9. The second-order valence-corrected chi connectivity index (χ2v) is 4.28. The molecule has 0 aliphatic carbocycles. The number of benzene rings is 1. The molecule has 2 rings (SSSR count). The third kappa shape index (κ3) is 2.38. The molecule has 7 heteroatoms. The molecule has 0 fully saturated rings. The van der Waals surface area contributed by atoms with E-state index in [1.807, 2.05) is 0 Å². The van der Waals surface area contributed by atoms with Crippen molar-refractivity contribution in [1.29, 1.82) is 0 Å². The summed E-state index contributed by atoms with van der Waals surface area (Å²) in [6.45, 7) is 3.21. The number of rotatable bonds is 3. The first-order chi connectivity index (χ1) is 9.47. The molecule has 1 heterocycles. The molecule has 1 aromatic heterocycles. The van der Waals surface area contributed by atoms with E-state index in [0.717, 1.165) is 12.1 Å². The lowest BCUT2D eigenvalue weighted by Crippen LogP contribution is -2.07. The van der Waals surface area contributed by atoms with Gasteiger partial charge in [-0.15, -0.1) is 0 Å². The Morgan fingerprint density at radius 3 is 2.70 bits per heavy atom. The van der Waals surface area contributed by atoms with Gasteiger partial charge in [0.05, 0.1) is 17.2 Å². The standard InChI is InChI=1S/C13H10ClF2NO3/c1-3-19-13(18)9-6(2)20-17-12(9)10-7(15)4-5-8(16)11(10)14/h4-5H,3H2,1-2H3. The summed E-state index contributed by atoms with van der Waals surface area (Å²) in [5, 5.41) is 3.12. The maximum Gasteiger partial charge on any atom is 0.344 e. The van der Waals surface area contributed by atoms with Crippen molar-refractivity contribution in [2.24, 2.45) is 0 Å². The molecule has 106 valence electrons. The first-order valence-electron chi connectivity index (χ1n) is 5.74. The van der Waals surface area contributed by atoms with Gasteiger partial charge in [0.2, 0.25) is 0 Å². The van der Waals surface area contributed by atoms with Crippen molar-refractivity contribution in [1.82, 2.24) is 5.16 Å². The predicted octanol–water partition coefficient (Wildman–Crippen LogP) is 3.76. The highest BCUT2D eigenvalue weighted by Crippen LogP contribution is 2.35. The highest BCUT2D eigenvalue weighted by atomic mass is 35.5. The molecule has 0 radical (unpaired) electrons. The predicted molar refractivity (Wildman–Crippen MR) is 67.6 cm³/mol. The Morgan fingerprint density at radius 2 is 2.05 bits per heavy atom. The zero-order chi connectivity index (χ0) is 14.9. The molecule has 1 aromatic carbocycles. The molecule has 4 nitrogen and oxygen atoms in total. The van der Waals surface area contributed by atoms with Crippen LogP contribution in [0.5, 0.6) is 0 Å². The van der Waals surface area contributed by atoms with Crippen LogP contribution in [0.2, 0.25) is 5.02 Å². The summed E-state index contributed by atoms with van der Waals surface area (Å²) in [5.74, 6) is -2.23.